The molecule has 1 aliphatic heterocycles. The van der Waals surface area contributed by atoms with Crippen LogP contribution in [0.5, 0.6) is 0 Å². The summed E-state index contributed by atoms with van der Waals surface area (Å²) >= 11 is 5.86. The first kappa shape index (κ1) is 11.9. The van der Waals surface area contributed by atoms with Crippen molar-refractivity contribution in [1.29, 1.82) is 0 Å². The summed E-state index contributed by atoms with van der Waals surface area (Å²) in [7, 11) is 0. The summed E-state index contributed by atoms with van der Waals surface area (Å²) in [6.45, 7) is 1.72. The molecule has 0 amide bonds. The third-order valence-corrected chi connectivity index (χ3v) is 4.47. The highest BCUT2D eigenvalue weighted by Crippen LogP contribution is 2.30. The molecule has 2 aromatic rings. The number of ether oxygens (including phenoxy) is 1. The van der Waals surface area contributed by atoms with Gasteiger partial charge >= 0.3 is 0 Å². The zero-order valence-corrected chi connectivity index (χ0v) is 12.9. The lowest BCUT2D eigenvalue weighted by Gasteiger charge is -2.24. The maximum Gasteiger partial charge on any atom is 0.141 e. The van der Waals surface area contributed by atoms with Gasteiger partial charge in [-0.3, -0.25) is 0 Å². The Balaban J connectivity index is 2.10. The second-order valence-corrected chi connectivity index (χ2v) is 6.33. The largest absolute Gasteiger partial charge is 0.381 e. The van der Waals surface area contributed by atoms with Crippen LogP contribution >= 0.6 is 38.5 Å². The molecule has 2 aromatic heterocycles. The molecule has 0 aliphatic carbocycles. The van der Waals surface area contributed by atoms with E-state index in [1.165, 1.54) is 8.96 Å². The fraction of sp³-hybridized carbons (Fsp3) is 0.417. The van der Waals surface area contributed by atoms with Crippen molar-refractivity contribution in [2.24, 2.45) is 0 Å². The van der Waals surface area contributed by atoms with E-state index < -0.39 is 0 Å². The number of aromatic nitrogens is 2. The van der Waals surface area contributed by atoms with Crippen molar-refractivity contribution in [3.63, 3.8) is 0 Å². The highest BCUT2D eigenvalue weighted by atomic mass is 127. The van der Waals surface area contributed by atoms with Gasteiger partial charge in [-0.1, -0.05) is 0 Å². The number of fused-ring (bicyclic) bond motifs is 1. The second-order valence-electron chi connectivity index (χ2n) is 4.25. The normalized spacial score (nSPS) is 17.8. The molecule has 0 aromatic carbocycles. The Labute approximate surface area is 122 Å². The van der Waals surface area contributed by atoms with E-state index in [1.807, 2.05) is 6.20 Å². The van der Waals surface area contributed by atoms with Crippen molar-refractivity contribution in [2.45, 2.75) is 18.9 Å². The van der Waals surface area contributed by atoms with E-state index >= 15 is 0 Å². The molecule has 3 nitrogen and oxygen atoms in total. The number of hydrogen-bond acceptors (Lipinski definition) is 2. The third kappa shape index (κ3) is 2.24. The first-order chi connectivity index (χ1) is 8.25. The van der Waals surface area contributed by atoms with Crippen molar-refractivity contribution in [3.05, 3.63) is 26.5 Å². The van der Waals surface area contributed by atoms with Crippen molar-refractivity contribution in [2.75, 3.05) is 13.2 Å². The minimum atomic E-state index is 0.531. The van der Waals surface area contributed by atoms with Crippen LogP contribution in [-0.2, 0) is 4.74 Å². The lowest BCUT2D eigenvalue weighted by Crippen LogP contribution is -2.19. The molecular weight excluding hydrogens is 395 g/mol. The van der Waals surface area contributed by atoms with Gasteiger partial charge in [0, 0.05) is 45.1 Å². The molecule has 3 rings (SSSR count). The topological polar surface area (TPSA) is 27.1 Å². The molecule has 1 saturated heterocycles. The molecule has 0 bridgehead atoms. The predicted molar refractivity (Wildman–Crippen MR) is 79.2 cm³/mol. The van der Waals surface area contributed by atoms with Gasteiger partial charge in [0.05, 0.1) is 0 Å². The van der Waals surface area contributed by atoms with Gasteiger partial charge in [-0.05, 0) is 57.4 Å². The lowest BCUT2D eigenvalue weighted by molar-refractivity contribution is 0.0705. The fourth-order valence-electron chi connectivity index (χ4n) is 2.31. The third-order valence-electron chi connectivity index (χ3n) is 3.17. The molecule has 0 atom stereocenters. The van der Waals surface area contributed by atoms with Gasteiger partial charge in [0.15, 0.2) is 0 Å². The highest BCUT2D eigenvalue weighted by molar-refractivity contribution is 14.1. The number of hydrogen-bond donors (Lipinski definition) is 0. The average Bonchev–Trinajstić information content (AvgIpc) is 2.68. The molecule has 90 valence electrons. The summed E-state index contributed by atoms with van der Waals surface area (Å²) < 4.78 is 10.0. The molecule has 5 heteroatoms. The van der Waals surface area contributed by atoms with Gasteiger partial charge < -0.3 is 9.30 Å². The van der Waals surface area contributed by atoms with Crippen LogP contribution in [0.15, 0.2) is 22.9 Å². The van der Waals surface area contributed by atoms with E-state index in [0.717, 1.165) is 36.2 Å². The molecule has 3 heterocycles. The fourth-order valence-corrected chi connectivity index (χ4v) is 3.34. The molecule has 0 N–H and O–H groups in total. The summed E-state index contributed by atoms with van der Waals surface area (Å²) in [4.78, 5) is 4.55. The summed E-state index contributed by atoms with van der Waals surface area (Å²) in [5.41, 5.74) is 1.09. The Hall–Kier alpha value is -0.140. The Morgan fingerprint density at radius 3 is 2.94 bits per heavy atom. The zero-order chi connectivity index (χ0) is 11.8. The minimum absolute atomic E-state index is 0.531. The Morgan fingerprint density at radius 1 is 1.41 bits per heavy atom. The number of nitrogens with zero attached hydrogens (tertiary/aromatic N) is 2. The van der Waals surface area contributed by atoms with Crippen LogP contribution in [0, 0.1) is 3.57 Å². The van der Waals surface area contributed by atoms with Gasteiger partial charge in [0.25, 0.3) is 0 Å². The first-order valence-electron chi connectivity index (χ1n) is 5.65. The van der Waals surface area contributed by atoms with E-state index in [2.05, 4.69) is 60.3 Å². The summed E-state index contributed by atoms with van der Waals surface area (Å²) in [6, 6.07) is 2.67. The molecule has 0 radical (unpaired) electrons. The first-order valence-corrected chi connectivity index (χ1v) is 7.52. The SMILES string of the molecule is Brc1cnc2c(c1)c(I)cn2C1CCOCC1. The van der Waals surface area contributed by atoms with Gasteiger partial charge in [-0.15, -0.1) is 0 Å². The Kier molecular flexibility index (Phi) is 3.40. The molecular formula is C12H12BrIN2O. The summed E-state index contributed by atoms with van der Waals surface area (Å²) in [5, 5.41) is 1.23. The second kappa shape index (κ2) is 4.85. The molecule has 0 spiro atoms. The van der Waals surface area contributed by atoms with Crippen LogP contribution < -0.4 is 0 Å². The quantitative estimate of drug-likeness (QED) is 0.674. The van der Waals surface area contributed by atoms with E-state index in [1.54, 1.807) is 0 Å². The lowest BCUT2D eigenvalue weighted by atomic mass is 10.1. The molecule has 17 heavy (non-hydrogen) atoms. The van der Waals surface area contributed by atoms with Gasteiger partial charge in [0.1, 0.15) is 5.65 Å². The minimum Gasteiger partial charge on any atom is -0.381 e. The molecule has 0 saturated carbocycles. The van der Waals surface area contributed by atoms with E-state index in [4.69, 9.17) is 4.74 Å². The number of pyridine rings is 1. The smallest absolute Gasteiger partial charge is 0.141 e. The summed E-state index contributed by atoms with van der Waals surface area (Å²) in [5.74, 6) is 0. The Morgan fingerprint density at radius 2 is 2.18 bits per heavy atom. The van der Waals surface area contributed by atoms with E-state index in [-0.39, 0.29) is 0 Å². The van der Waals surface area contributed by atoms with Crippen LogP contribution in [0.25, 0.3) is 11.0 Å². The van der Waals surface area contributed by atoms with E-state index in [9.17, 15) is 0 Å². The van der Waals surface area contributed by atoms with Crippen molar-refractivity contribution >= 4 is 49.6 Å². The standard InChI is InChI=1S/C12H12BrIN2O/c13-8-5-10-11(14)7-16(12(10)15-6-8)9-1-3-17-4-2-9/h5-7,9H,1-4H2. The van der Waals surface area contributed by atoms with Crippen LogP contribution in [0.2, 0.25) is 0 Å². The van der Waals surface area contributed by atoms with Crippen molar-refractivity contribution < 1.29 is 4.74 Å². The molecule has 1 aliphatic rings. The molecule has 1 fully saturated rings. The van der Waals surface area contributed by atoms with Gasteiger partial charge in [0.2, 0.25) is 0 Å². The van der Waals surface area contributed by atoms with Crippen LogP contribution in [0.4, 0.5) is 0 Å². The van der Waals surface area contributed by atoms with Crippen LogP contribution in [0.1, 0.15) is 18.9 Å². The monoisotopic (exact) mass is 406 g/mol. The summed E-state index contributed by atoms with van der Waals surface area (Å²) in [6.07, 6.45) is 6.24. The van der Waals surface area contributed by atoms with Crippen molar-refractivity contribution in [3.8, 4) is 0 Å². The maximum absolute atomic E-state index is 5.42. The molecule has 0 unspecified atom stereocenters. The number of rotatable bonds is 1. The van der Waals surface area contributed by atoms with Gasteiger partial charge in [-0.2, -0.15) is 0 Å². The Bertz CT molecular complexity index is 549. The predicted octanol–water partition coefficient (Wildman–Crippen LogP) is 3.75. The number of halogens is 2. The maximum atomic E-state index is 5.42. The van der Waals surface area contributed by atoms with Gasteiger partial charge in [-0.25, -0.2) is 4.98 Å². The zero-order valence-electron chi connectivity index (χ0n) is 9.20. The van der Waals surface area contributed by atoms with Crippen LogP contribution in [0.3, 0.4) is 0 Å². The van der Waals surface area contributed by atoms with E-state index in [0.29, 0.717) is 6.04 Å². The average molecular weight is 407 g/mol. The van der Waals surface area contributed by atoms with Crippen molar-refractivity contribution in [1.82, 2.24) is 9.55 Å². The highest BCUT2D eigenvalue weighted by Gasteiger charge is 2.19. The van der Waals surface area contributed by atoms with Crippen LogP contribution in [-0.4, -0.2) is 22.8 Å².